The molecule has 0 heterocycles. The monoisotopic (exact) mass is 682 g/mol. The fourth-order valence-electron chi connectivity index (χ4n) is 8.86. The average molecular weight is 683 g/mol. The van der Waals surface area contributed by atoms with Crippen LogP contribution in [0.2, 0.25) is 0 Å². The van der Waals surface area contributed by atoms with Gasteiger partial charge in [-0.25, -0.2) is 0 Å². The van der Waals surface area contributed by atoms with E-state index in [-0.39, 0.29) is 0 Å². The summed E-state index contributed by atoms with van der Waals surface area (Å²) in [5.41, 5.74) is 0. The van der Waals surface area contributed by atoms with Crippen molar-refractivity contribution in [3.63, 3.8) is 0 Å². The second kappa shape index (κ2) is 12.3. The van der Waals surface area contributed by atoms with Crippen LogP contribution in [0.3, 0.4) is 0 Å². The van der Waals surface area contributed by atoms with E-state index in [9.17, 15) is 0 Å². The topological polar surface area (TPSA) is 0 Å². The Morgan fingerprint density at radius 1 is 0.148 bits per heavy atom. The molecule has 0 radical (unpaired) electrons. The number of hydrogen-bond acceptors (Lipinski definition) is 0. The molecule has 13 aromatic rings. The van der Waals surface area contributed by atoms with E-state index in [1.807, 2.05) is 0 Å². The zero-order valence-electron chi connectivity index (χ0n) is 29.6. The van der Waals surface area contributed by atoms with Crippen LogP contribution < -0.4 is 0 Å². The first kappa shape index (κ1) is 30.6. The highest BCUT2D eigenvalue weighted by Crippen LogP contribution is 2.40. The molecule has 13 aromatic carbocycles. The van der Waals surface area contributed by atoms with Gasteiger partial charge in [0, 0.05) is 0 Å². The smallest absolute Gasteiger partial charge is 0.00203 e. The van der Waals surface area contributed by atoms with Gasteiger partial charge in [0.1, 0.15) is 0 Å². The lowest BCUT2D eigenvalue weighted by Gasteiger charge is -2.14. The second-order valence-electron chi connectivity index (χ2n) is 14.5. The maximum Gasteiger partial charge on any atom is -0.00203 e. The molecular formula is C54H34. The van der Waals surface area contributed by atoms with E-state index >= 15 is 0 Å². The van der Waals surface area contributed by atoms with Crippen molar-refractivity contribution in [2.45, 2.75) is 0 Å². The molecule has 0 aliphatic carbocycles. The Kier molecular flexibility index (Phi) is 6.97. The molecule has 0 amide bonds. The number of fused-ring (bicyclic) bond motifs is 6. The molecule has 0 aliphatic rings. The van der Waals surface area contributed by atoms with Gasteiger partial charge in [-0.2, -0.15) is 0 Å². The predicted molar refractivity (Wildman–Crippen MR) is 237 cm³/mol. The first-order chi connectivity index (χ1) is 26.8. The van der Waals surface area contributed by atoms with Crippen LogP contribution in [0.25, 0.3) is 108 Å². The molecule has 0 saturated carbocycles. The van der Waals surface area contributed by atoms with Crippen molar-refractivity contribution < 1.29 is 0 Å². The van der Waals surface area contributed by atoms with Crippen molar-refractivity contribution in [2.75, 3.05) is 0 Å². The molecule has 0 nitrogen and oxygen atoms in total. The van der Waals surface area contributed by atoms with Crippen molar-refractivity contribution in [3.8, 4) is 0 Å². The summed E-state index contributed by atoms with van der Waals surface area (Å²) >= 11 is 0. The van der Waals surface area contributed by atoms with Gasteiger partial charge in [0.15, 0.2) is 0 Å². The van der Waals surface area contributed by atoms with Gasteiger partial charge in [-0.1, -0.05) is 182 Å². The molecule has 0 aliphatic heterocycles. The molecule has 0 aromatic heterocycles. The number of rotatable bonds is 0. The Morgan fingerprint density at radius 3 is 0.722 bits per heavy atom. The SMILES string of the molecule is c1cc2ccc3cccc4ccc(c1)c2c34.c1ccc2c(c1)c1cccc3ccc4cccc2c4c31.c1ccc2cc3cc4ccccc4cc3cc2c1. The number of benzene rings is 13. The van der Waals surface area contributed by atoms with Crippen LogP contribution in [0.15, 0.2) is 206 Å². The Labute approximate surface area is 312 Å². The van der Waals surface area contributed by atoms with Crippen molar-refractivity contribution in [2.24, 2.45) is 0 Å². The van der Waals surface area contributed by atoms with Gasteiger partial charge in [-0.05, 0) is 132 Å². The number of hydrogen-bond donors (Lipinski definition) is 0. The third kappa shape index (κ3) is 4.92. The predicted octanol–water partition coefficient (Wildman–Crippen LogP) is 15.5. The summed E-state index contributed by atoms with van der Waals surface area (Å²) in [5.74, 6) is 0. The second-order valence-corrected chi connectivity index (χ2v) is 14.5. The molecule has 0 heteroatoms. The summed E-state index contributed by atoms with van der Waals surface area (Å²) in [6, 6.07) is 74.4. The van der Waals surface area contributed by atoms with Gasteiger partial charge in [0.05, 0.1) is 0 Å². The first-order valence-corrected chi connectivity index (χ1v) is 18.7. The Balaban J connectivity index is 0.0000000954. The standard InChI is InChI=1S/C20H12.C18H12.C16H10/c1-2-8-16-15(7-1)17-9-3-5-13-11-12-14-6-4-10-18(16)20(14)19(13)17;1-2-6-14-10-18-12-16-8-4-3-7-15(16)11-17(18)9-13(14)5-1;1-3-11-7-9-13-5-2-6-14-10-8-12(4-1)15(11)16(13)14/h1-12H;1-12H;1-10H. The maximum atomic E-state index is 2.27. The van der Waals surface area contributed by atoms with Gasteiger partial charge in [-0.15, -0.1) is 0 Å². The quantitative estimate of drug-likeness (QED) is 0.110. The average Bonchev–Trinajstić information content (AvgIpc) is 3.24. The minimum atomic E-state index is 1.31. The van der Waals surface area contributed by atoms with Gasteiger partial charge >= 0.3 is 0 Å². The maximum absolute atomic E-state index is 2.27. The van der Waals surface area contributed by atoms with Crippen LogP contribution in [-0.2, 0) is 0 Å². The van der Waals surface area contributed by atoms with Crippen LogP contribution in [0.1, 0.15) is 0 Å². The lowest BCUT2D eigenvalue weighted by Crippen LogP contribution is -1.86. The minimum Gasteiger partial charge on any atom is -0.0616 e. The van der Waals surface area contributed by atoms with Gasteiger partial charge in [-0.3, -0.25) is 0 Å². The Bertz CT molecular complexity index is 3140. The first-order valence-electron chi connectivity index (χ1n) is 18.7. The largest absolute Gasteiger partial charge is 0.0616 e. The molecule has 0 spiro atoms. The molecule has 54 heavy (non-hydrogen) atoms. The summed E-state index contributed by atoms with van der Waals surface area (Å²) in [6.07, 6.45) is 0. The molecule has 13 rings (SSSR count). The van der Waals surface area contributed by atoms with Crippen molar-refractivity contribution in [3.05, 3.63) is 206 Å². The summed E-state index contributed by atoms with van der Waals surface area (Å²) in [7, 11) is 0. The fraction of sp³-hybridized carbons (Fsp3) is 0. The zero-order valence-corrected chi connectivity index (χ0v) is 29.6. The Hall–Kier alpha value is -7.02. The fourth-order valence-corrected chi connectivity index (χ4v) is 8.86. The highest BCUT2D eigenvalue weighted by molar-refractivity contribution is 6.33. The van der Waals surface area contributed by atoms with Crippen molar-refractivity contribution in [1.29, 1.82) is 0 Å². The summed E-state index contributed by atoms with van der Waals surface area (Å²) in [5, 5.41) is 26.9. The van der Waals surface area contributed by atoms with Gasteiger partial charge in [0.2, 0.25) is 0 Å². The lowest BCUT2D eigenvalue weighted by atomic mass is 9.89. The van der Waals surface area contributed by atoms with Crippen LogP contribution in [-0.4, -0.2) is 0 Å². The van der Waals surface area contributed by atoms with Gasteiger partial charge < -0.3 is 0 Å². The molecule has 0 unspecified atom stereocenters. The van der Waals surface area contributed by atoms with E-state index in [1.54, 1.807) is 0 Å². The molecule has 0 fully saturated rings. The van der Waals surface area contributed by atoms with Gasteiger partial charge in [0.25, 0.3) is 0 Å². The van der Waals surface area contributed by atoms with E-state index in [2.05, 4.69) is 206 Å². The van der Waals surface area contributed by atoms with E-state index < -0.39 is 0 Å². The third-order valence-electron chi connectivity index (χ3n) is 11.4. The molecule has 0 saturated heterocycles. The molecular weight excluding hydrogens is 649 g/mol. The normalized spacial score (nSPS) is 11.7. The van der Waals surface area contributed by atoms with E-state index in [4.69, 9.17) is 0 Å². The molecule has 0 atom stereocenters. The van der Waals surface area contributed by atoms with Crippen LogP contribution >= 0.6 is 0 Å². The van der Waals surface area contributed by atoms with E-state index in [0.717, 1.165) is 0 Å². The molecule has 0 bridgehead atoms. The highest BCUT2D eigenvalue weighted by atomic mass is 14.1. The lowest BCUT2D eigenvalue weighted by molar-refractivity contribution is 1.77. The summed E-state index contributed by atoms with van der Waals surface area (Å²) in [4.78, 5) is 0. The zero-order chi connectivity index (χ0) is 35.6. The summed E-state index contributed by atoms with van der Waals surface area (Å²) in [6.45, 7) is 0. The molecule has 0 N–H and O–H groups in total. The van der Waals surface area contributed by atoms with E-state index in [1.165, 1.54) is 108 Å². The summed E-state index contributed by atoms with van der Waals surface area (Å²) < 4.78 is 0. The molecule has 250 valence electrons. The van der Waals surface area contributed by atoms with E-state index in [0.29, 0.717) is 0 Å². The van der Waals surface area contributed by atoms with Crippen LogP contribution in [0.5, 0.6) is 0 Å². The van der Waals surface area contributed by atoms with Crippen molar-refractivity contribution >= 4 is 108 Å². The van der Waals surface area contributed by atoms with Crippen molar-refractivity contribution in [1.82, 2.24) is 0 Å². The van der Waals surface area contributed by atoms with Crippen LogP contribution in [0.4, 0.5) is 0 Å². The third-order valence-corrected chi connectivity index (χ3v) is 11.4. The minimum absolute atomic E-state index is 1.31. The Morgan fingerprint density at radius 2 is 0.389 bits per heavy atom. The van der Waals surface area contributed by atoms with Crippen LogP contribution in [0, 0.1) is 0 Å². The highest BCUT2D eigenvalue weighted by Gasteiger charge is 2.12.